The smallest absolute Gasteiger partial charge is 0.191 e. The molecule has 124 valence electrons. The highest BCUT2D eigenvalue weighted by Crippen LogP contribution is 2.12. The summed E-state index contributed by atoms with van der Waals surface area (Å²) < 4.78 is 0. The zero-order valence-electron chi connectivity index (χ0n) is 15.0. The molecule has 0 heterocycles. The molecule has 0 aliphatic heterocycles. The summed E-state index contributed by atoms with van der Waals surface area (Å²) in [7, 11) is 3.98. The van der Waals surface area contributed by atoms with Gasteiger partial charge in [-0.2, -0.15) is 0 Å². The molecule has 1 aromatic carbocycles. The molecule has 0 saturated heterocycles. The maximum absolute atomic E-state index is 4.28. The monoisotopic (exact) mass is 304 g/mol. The fourth-order valence-electron chi connectivity index (χ4n) is 2.04. The normalized spacial score (nSPS) is 12.3. The van der Waals surface area contributed by atoms with E-state index in [1.54, 1.807) is 0 Å². The van der Waals surface area contributed by atoms with E-state index in [1.165, 1.54) is 11.1 Å². The highest BCUT2D eigenvalue weighted by atomic mass is 15.2. The van der Waals surface area contributed by atoms with Crippen LogP contribution in [0.5, 0.6) is 0 Å². The van der Waals surface area contributed by atoms with Gasteiger partial charge in [0.2, 0.25) is 0 Å². The molecule has 1 rings (SSSR count). The van der Waals surface area contributed by atoms with Crippen molar-refractivity contribution in [3.05, 3.63) is 35.4 Å². The van der Waals surface area contributed by atoms with E-state index in [2.05, 4.69) is 79.5 Å². The van der Waals surface area contributed by atoms with Gasteiger partial charge in [0, 0.05) is 32.7 Å². The summed E-state index contributed by atoms with van der Waals surface area (Å²) in [6.07, 6.45) is 0. The van der Waals surface area contributed by atoms with Crippen LogP contribution in [0.25, 0.3) is 0 Å². The molecule has 22 heavy (non-hydrogen) atoms. The van der Waals surface area contributed by atoms with E-state index in [9.17, 15) is 0 Å². The maximum atomic E-state index is 4.28. The van der Waals surface area contributed by atoms with Crippen LogP contribution in [-0.4, -0.2) is 37.5 Å². The third-order valence-electron chi connectivity index (χ3n) is 3.77. The van der Waals surface area contributed by atoms with E-state index < -0.39 is 0 Å². The number of rotatable bonds is 7. The summed E-state index contributed by atoms with van der Waals surface area (Å²) in [6.45, 7) is 11.5. The summed E-state index contributed by atoms with van der Waals surface area (Å²) in [5.74, 6) is 1.46. The molecule has 0 aromatic heterocycles. The number of guanidine groups is 1. The molecule has 1 aromatic rings. The first-order valence-electron chi connectivity index (χ1n) is 8.15. The Hall–Kier alpha value is -1.55. The number of hydrogen-bond donors (Lipinski definition) is 2. The third-order valence-corrected chi connectivity index (χ3v) is 3.77. The largest absolute Gasteiger partial charge is 0.356 e. The summed E-state index contributed by atoms with van der Waals surface area (Å²) in [6, 6.07) is 9.15. The Kier molecular flexibility index (Phi) is 7.96. The van der Waals surface area contributed by atoms with Gasteiger partial charge in [-0.15, -0.1) is 0 Å². The molecule has 0 amide bonds. The minimum atomic E-state index is 0.543. The van der Waals surface area contributed by atoms with Crippen LogP contribution >= 0.6 is 0 Å². The van der Waals surface area contributed by atoms with Crippen LogP contribution in [0.2, 0.25) is 0 Å². The fraction of sp³-hybridized carbons (Fsp3) is 0.611. The Morgan fingerprint density at radius 3 is 2.27 bits per heavy atom. The molecule has 0 spiro atoms. The standard InChI is InChI=1S/C18H32N4/c1-14(2)11-20-18(19-5)21-12-16-9-7-8-10-17(16)13-22(6)15(3)4/h7-10,14-15H,11-13H2,1-6H3,(H2,19,20,21). The Labute approximate surface area is 136 Å². The highest BCUT2D eigenvalue weighted by Gasteiger charge is 2.08. The first-order chi connectivity index (χ1) is 10.4. The number of benzene rings is 1. The van der Waals surface area contributed by atoms with Gasteiger partial charge in [0.15, 0.2) is 5.96 Å². The van der Waals surface area contributed by atoms with Crippen molar-refractivity contribution < 1.29 is 0 Å². The lowest BCUT2D eigenvalue weighted by atomic mass is 10.1. The quantitative estimate of drug-likeness (QED) is 0.601. The van der Waals surface area contributed by atoms with Crippen LogP contribution < -0.4 is 10.6 Å². The van der Waals surface area contributed by atoms with Gasteiger partial charge in [-0.1, -0.05) is 38.1 Å². The molecular weight excluding hydrogens is 272 g/mol. The zero-order chi connectivity index (χ0) is 16.5. The topological polar surface area (TPSA) is 39.7 Å². The Morgan fingerprint density at radius 2 is 1.73 bits per heavy atom. The highest BCUT2D eigenvalue weighted by molar-refractivity contribution is 5.79. The van der Waals surface area contributed by atoms with E-state index in [4.69, 9.17) is 0 Å². The first-order valence-corrected chi connectivity index (χ1v) is 8.15. The number of hydrogen-bond acceptors (Lipinski definition) is 2. The lowest BCUT2D eigenvalue weighted by molar-refractivity contribution is 0.265. The Morgan fingerprint density at radius 1 is 1.09 bits per heavy atom. The minimum absolute atomic E-state index is 0.543. The first kappa shape index (κ1) is 18.5. The van der Waals surface area contributed by atoms with Gasteiger partial charge in [0.05, 0.1) is 0 Å². The SMILES string of the molecule is CN=C(NCc1ccccc1CN(C)C(C)C)NCC(C)C. The second-order valence-corrected chi connectivity index (χ2v) is 6.48. The van der Waals surface area contributed by atoms with Gasteiger partial charge in [0.25, 0.3) is 0 Å². The molecular formula is C18H32N4. The van der Waals surface area contributed by atoms with Crippen molar-refractivity contribution in [2.24, 2.45) is 10.9 Å². The molecule has 0 unspecified atom stereocenters. The summed E-state index contributed by atoms with van der Waals surface area (Å²) in [5, 5.41) is 6.75. The third kappa shape index (κ3) is 6.48. The maximum Gasteiger partial charge on any atom is 0.191 e. The van der Waals surface area contributed by atoms with Crippen molar-refractivity contribution in [2.45, 2.75) is 46.8 Å². The predicted molar refractivity (Wildman–Crippen MR) is 96.1 cm³/mol. The summed E-state index contributed by atoms with van der Waals surface area (Å²) in [5.41, 5.74) is 2.69. The van der Waals surface area contributed by atoms with Crippen molar-refractivity contribution in [3.8, 4) is 0 Å². The molecule has 0 atom stereocenters. The zero-order valence-corrected chi connectivity index (χ0v) is 15.0. The van der Waals surface area contributed by atoms with Crippen molar-refractivity contribution >= 4 is 5.96 Å². The van der Waals surface area contributed by atoms with Crippen molar-refractivity contribution in [1.82, 2.24) is 15.5 Å². The van der Waals surface area contributed by atoms with Crippen LogP contribution in [0, 0.1) is 5.92 Å². The second kappa shape index (κ2) is 9.46. The fourth-order valence-corrected chi connectivity index (χ4v) is 2.04. The Bertz CT molecular complexity index is 466. The number of aliphatic imine (C=N–C) groups is 1. The van der Waals surface area contributed by atoms with Crippen molar-refractivity contribution in [2.75, 3.05) is 20.6 Å². The van der Waals surface area contributed by atoms with Crippen LogP contribution in [0.4, 0.5) is 0 Å². The van der Waals surface area contributed by atoms with Crippen LogP contribution in [-0.2, 0) is 13.1 Å². The molecule has 4 heteroatoms. The van der Waals surface area contributed by atoms with Gasteiger partial charge < -0.3 is 10.6 Å². The van der Waals surface area contributed by atoms with Gasteiger partial charge in [-0.25, -0.2) is 0 Å². The van der Waals surface area contributed by atoms with E-state index in [-0.39, 0.29) is 0 Å². The molecule has 2 N–H and O–H groups in total. The van der Waals surface area contributed by atoms with E-state index in [0.29, 0.717) is 12.0 Å². The molecule has 0 aliphatic carbocycles. The molecule has 0 saturated carbocycles. The molecule has 0 radical (unpaired) electrons. The summed E-state index contributed by atoms with van der Waals surface area (Å²) >= 11 is 0. The predicted octanol–water partition coefficient (Wildman–Crippen LogP) is 2.85. The van der Waals surface area contributed by atoms with Gasteiger partial charge >= 0.3 is 0 Å². The summed E-state index contributed by atoms with van der Waals surface area (Å²) in [4.78, 5) is 6.63. The Balaban J connectivity index is 2.65. The average molecular weight is 304 g/mol. The number of nitrogens with one attached hydrogen (secondary N) is 2. The lowest BCUT2D eigenvalue weighted by Gasteiger charge is -2.23. The van der Waals surface area contributed by atoms with E-state index >= 15 is 0 Å². The second-order valence-electron chi connectivity index (χ2n) is 6.48. The van der Waals surface area contributed by atoms with Crippen molar-refractivity contribution in [3.63, 3.8) is 0 Å². The van der Waals surface area contributed by atoms with Gasteiger partial charge in [0.1, 0.15) is 0 Å². The van der Waals surface area contributed by atoms with Crippen LogP contribution in [0.3, 0.4) is 0 Å². The minimum Gasteiger partial charge on any atom is -0.356 e. The van der Waals surface area contributed by atoms with Gasteiger partial charge in [-0.05, 0) is 37.9 Å². The number of nitrogens with zero attached hydrogens (tertiary/aromatic N) is 2. The molecule has 0 aliphatic rings. The molecule has 0 bridgehead atoms. The van der Waals surface area contributed by atoms with Crippen molar-refractivity contribution in [1.29, 1.82) is 0 Å². The van der Waals surface area contributed by atoms with Crippen LogP contribution in [0.1, 0.15) is 38.8 Å². The molecule has 0 fully saturated rings. The van der Waals surface area contributed by atoms with E-state index in [0.717, 1.165) is 25.6 Å². The average Bonchev–Trinajstić information content (AvgIpc) is 2.48. The van der Waals surface area contributed by atoms with E-state index in [1.807, 2.05) is 7.05 Å². The molecule has 4 nitrogen and oxygen atoms in total. The van der Waals surface area contributed by atoms with Crippen LogP contribution in [0.15, 0.2) is 29.3 Å². The lowest BCUT2D eigenvalue weighted by Crippen LogP contribution is -2.38. The van der Waals surface area contributed by atoms with Gasteiger partial charge in [-0.3, -0.25) is 9.89 Å².